The molecular formula is C23H29N7O5. The number of fused-ring (bicyclic) bond motifs is 1. The second-order valence-corrected chi connectivity index (χ2v) is 7.38. The van der Waals surface area contributed by atoms with Gasteiger partial charge >= 0.3 is 11.9 Å². The Morgan fingerprint density at radius 1 is 1.09 bits per heavy atom. The molecule has 0 aliphatic heterocycles. The van der Waals surface area contributed by atoms with Gasteiger partial charge in [-0.3, -0.25) is 9.59 Å². The number of carboxylic acid groups (broad SMARTS) is 2. The molecule has 0 saturated carbocycles. The van der Waals surface area contributed by atoms with Crippen LogP contribution in [0.1, 0.15) is 42.6 Å². The molecule has 0 fully saturated rings. The number of carbonyl (C=O) groups is 3. The first-order valence-electron chi connectivity index (χ1n) is 10.9. The van der Waals surface area contributed by atoms with Gasteiger partial charge in [0.15, 0.2) is 5.65 Å². The van der Waals surface area contributed by atoms with E-state index in [1.807, 2.05) is 31.9 Å². The third-order valence-corrected chi connectivity index (χ3v) is 4.90. The number of anilines is 3. The van der Waals surface area contributed by atoms with E-state index >= 15 is 0 Å². The van der Waals surface area contributed by atoms with Crippen LogP contribution < -0.4 is 21.7 Å². The fraction of sp³-hybridized carbons (Fsp3) is 0.304. The molecule has 1 aromatic carbocycles. The second kappa shape index (κ2) is 12.1. The highest BCUT2D eigenvalue weighted by atomic mass is 16.4. The van der Waals surface area contributed by atoms with Crippen LogP contribution in [0.15, 0.2) is 36.5 Å². The summed E-state index contributed by atoms with van der Waals surface area (Å²) >= 11 is 0. The summed E-state index contributed by atoms with van der Waals surface area (Å²) in [6, 6.07) is 7.10. The Kier molecular flexibility index (Phi) is 9.27. The number of amides is 1. The van der Waals surface area contributed by atoms with Gasteiger partial charge < -0.3 is 31.9 Å². The van der Waals surface area contributed by atoms with Crippen molar-refractivity contribution in [2.45, 2.75) is 39.3 Å². The largest absolute Gasteiger partial charge is 0.481 e. The number of nitrogens with one attached hydrogen (secondary N) is 1. The molecule has 186 valence electrons. The number of aliphatic carboxylic acids is 2. The van der Waals surface area contributed by atoms with Gasteiger partial charge in [0.25, 0.3) is 5.91 Å². The maximum Gasteiger partial charge on any atom is 0.326 e. The third-order valence-electron chi connectivity index (χ3n) is 4.90. The predicted octanol–water partition coefficient (Wildman–Crippen LogP) is 1.90. The van der Waals surface area contributed by atoms with Crippen molar-refractivity contribution in [3.05, 3.63) is 47.7 Å². The lowest BCUT2D eigenvalue weighted by atomic mass is 10.1. The number of carbonyl (C=O) groups excluding carboxylic acids is 1. The molecule has 0 radical (unpaired) electrons. The van der Waals surface area contributed by atoms with E-state index in [1.54, 1.807) is 30.5 Å². The highest BCUT2D eigenvalue weighted by Gasteiger charge is 2.21. The maximum atomic E-state index is 12.4. The van der Waals surface area contributed by atoms with Crippen molar-refractivity contribution in [3.8, 4) is 0 Å². The fourth-order valence-corrected chi connectivity index (χ4v) is 3.18. The lowest BCUT2D eigenvalue weighted by Gasteiger charge is -2.20. The van der Waals surface area contributed by atoms with E-state index in [1.165, 1.54) is 0 Å². The van der Waals surface area contributed by atoms with Crippen LogP contribution in [0.25, 0.3) is 11.0 Å². The van der Waals surface area contributed by atoms with Gasteiger partial charge in [-0.05, 0) is 42.3 Å². The zero-order valence-electron chi connectivity index (χ0n) is 19.7. The molecule has 2 aromatic heterocycles. The van der Waals surface area contributed by atoms with Crippen LogP contribution in [0.2, 0.25) is 0 Å². The number of nitrogens with zero attached hydrogens (tertiary/aromatic N) is 4. The van der Waals surface area contributed by atoms with Crippen molar-refractivity contribution >= 4 is 46.3 Å². The predicted molar refractivity (Wildman–Crippen MR) is 132 cm³/mol. The Morgan fingerprint density at radius 2 is 1.74 bits per heavy atom. The van der Waals surface area contributed by atoms with E-state index in [0.717, 1.165) is 11.3 Å². The quantitative estimate of drug-likeness (QED) is 0.298. The van der Waals surface area contributed by atoms with Gasteiger partial charge in [-0.15, -0.1) is 0 Å². The number of nitrogen functional groups attached to an aromatic ring is 2. The molecule has 0 aliphatic rings. The summed E-state index contributed by atoms with van der Waals surface area (Å²) in [5, 5.41) is 20.9. The van der Waals surface area contributed by atoms with Gasteiger partial charge in [0.05, 0.1) is 5.39 Å². The number of pyridine rings is 1. The molecule has 0 saturated heterocycles. The lowest BCUT2D eigenvalue weighted by Crippen LogP contribution is -2.41. The normalized spacial score (nSPS) is 11.2. The van der Waals surface area contributed by atoms with Crippen molar-refractivity contribution in [2.75, 3.05) is 23.4 Å². The Bertz CT molecular complexity index is 1200. The standard InChI is InChI=1S/C21H23N7O5.C2H6/c1-28(10-11-8-14-17(22)26-21(23)27-18(14)24-9-11)13-4-2-12(3-5-13)19(31)25-15(20(32)33)6-7-16(29)30;1-2/h2-5,8-9,15H,6-7,10H2,1H3,(H,25,31)(H,29,30)(H,32,33)(H4,22,23,24,26,27);1-2H3. The maximum absolute atomic E-state index is 12.4. The first-order chi connectivity index (χ1) is 16.6. The minimum absolute atomic E-state index is 0.0538. The number of aromatic nitrogens is 3. The van der Waals surface area contributed by atoms with Crippen molar-refractivity contribution in [1.29, 1.82) is 0 Å². The first kappa shape index (κ1) is 26.8. The highest BCUT2D eigenvalue weighted by molar-refractivity contribution is 5.97. The van der Waals surface area contributed by atoms with Crippen LogP contribution in [0.4, 0.5) is 17.5 Å². The van der Waals surface area contributed by atoms with E-state index in [9.17, 15) is 19.5 Å². The molecule has 0 bridgehead atoms. The SMILES string of the molecule is CC.CN(Cc1cnc2nc(N)nc(N)c2c1)c1ccc(C(=O)NC(CCC(=O)O)C(=O)O)cc1. The van der Waals surface area contributed by atoms with Crippen LogP contribution in [0, 0.1) is 0 Å². The highest BCUT2D eigenvalue weighted by Crippen LogP contribution is 2.21. The summed E-state index contributed by atoms with van der Waals surface area (Å²) in [6.45, 7) is 4.48. The van der Waals surface area contributed by atoms with Crippen LogP contribution >= 0.6 is 0 Å². The molecular weight excluding hydrogens is 454 g/mol. The number of carboxylic acids is 2. The van der Waals surface area contributed by atoms with E-state index in [4.69, 9.17) is 16.6 Å². The molecule has 7 N–H and O–H groups in total. The van der Waals surface area contributed by atoms with E-state index in [2.05, 4.69) is 20.3 Å². The zero-order chi connectivity index (χ0) is 26.1. The molecule has 35 heavy (non-hydrogen) atoms. The molecule has 0 aliphatic carbocycles. The van der Waals surface area contributed by atoms with Gasteiger partial charge in [-0.25, -0.2) is 9.78 Å². The molecule has 12 nitrogen and oxygen atoms in total. The lowest BCUT2D eigenvalue weighted by molar-refractivity contribution is -0.140. The molecule has 3 rings (SSSR count). The smallest absolute Gasteiger partial charge is 0.326 e. The molecule has 1 atom stereocenters. The molecule has 2 heterocycles. The number of benzene rings is 1. The Balaban J connectivity index is 0.00000210. The van der Waals surface area contributed by atoms with Crippen LogP contribution in [0.3, 0.4) is 0 Å². The Hall–Kier alpha value is -4.48. The Morgan fingerprint density at radius 3 is 2.34 bits per heavy atom. The van der Waals surface area contributed by atoms with E-state index in [0.29, 0.717) is 17.6 Å². The van der Waals surface area contributed by atoms with Gasteiger partial charge in [-0.2, -0.15) is 9.97 Å². The number of nitrogens with two attached hydrogens (primary N) is 2. The molecule has 0 spiro atoms. The van der Waals surface area contributed by atoms with Gasteiger partial charge in [0.2, 0.25) is 5.95 Å². The molecule has 1 amide bonds. The molecule has 1 unspecified atom stereocenters. The van der Waals surface area contributed by atoms with Crippen LogP contribution in [-0.4, -0.2) is 56.1 Å². The zero-order valence-corrected chi connectivity index (χ0v) is 19.7. The summed E-state index contributed by atoms with van der Waals surface area (Å²) in [5.74, 6) is -2.73. The minimum Gasteiger partial charge on any atom is -0.481 e. The Labute approximate surface area is 202 Å². The van der Waals surface area contributed by atoms with Crippen molar-refractivity contribution in [1.82, 2.24) is 20.3 Å². The van der Waals surface area contributed by atoms with E-state index < -0.39 is 23.9 Å². The molecule has 3 aromatic rings. The average Bonchev–Trinajstić information content (AvgIpc) is 2.83. The van der Waals surface area contributed by atoms with Crippen molar-refractivity contribution < 1.29 is 24.6 Å². The van der Waals surface area contributed by atoms with E-state index in [-0.39, 0.29) is 30.2 Å². The van der Waals surface area contributed by atoms with Gasteiger partial charge in [-0.1, -0.05) is 13.8 Å². The van der Waals surface area contributed by atoms with Gasteiger partial charge in [0.1, 0.15) is 11.9 Å². The summed E-state index contributed by atoms with van der Waals surface area (Å²) < 4.78 is 0. The summed E-state index contributed by atoms with van der Waals surface area (Å²) in [6.07, 6.45) is 1.09. The minimum atomic E-state index is -1.29. The van der Waals surface area contributed by atoms with Crippen molar-refractivity contribution in [2.24, 2.45) is 0 Å². The number of hydrogen-bond acceptors (Lipinski definition) is 9. The first-order valence-corrected chi connectivity index (χ1v) is 10.9. The van der Waals surface area contributed by atoms with Crippen molar-refractivity contribution in [3.63, 3.8) is 0 Å². The third kappa shape index (κ3) is 7.25. The van der Waals surface area contributed by atoms with Gasteiger partial charge in [0, 0.05) is 37.5 Å². The second-order valence-electron chi connectivity index (χ2n) is 7.38. The number of rotatable bonds is 9. The fourth-order valence-electron chi connectivity index (χ4n) is 3.18. The van der Waals surface area contributed by atoms with Crippen LogP contribution in [-0.2, 0) is 16.1 Å². The molecule has 12 heteroatoms. The van der Waals surface area contributed by atoms with Crippen LogP contribution in [0.5, 0.6) is 0 Å². The summed E-state index contributed by atoms with van der Waals surface area (Å²) in [4.78, 5) is 48.5. The monoisotopic (exact) mass is 483 g/mol. The topological polar surface area (TPSA) is 198 Å². The summed E-state index contributed by atoms with van der Waals surface area (Å²) in [5.41, 5.74) is 13.8. The average molecular weight is 484 g/mol. The summed E-state index contributed by atoms with van der Waals surface area (Å²) in [7, 11) is 1.86. The number of hydrogen-bond donors (Lipinski definition) is 5.